The van der Waals surface area contributed by atoms with E-state index in [2.05, 4.69) is 60.3 Å². The zero-order chi connectivity index (χ0) is 14.4. The predicted molar refractivity (Wildman–Crippen MR) is 87.3 cm³/mol. The largest absolute Gasteiger partial charge is 0.299 e. The summed E-state index contributed by atoms with van der Waals surface area (Å²) in [7, 11) is 0. The summed E-state index contributed by atoms with van der Waals surface area (Å²) in [6.07, 6.45) is 2.28. The molecule has 0 atom stereocenters. The van der Waals surface area contributed by atoms with Crippen LogP contribution in [0.1, 0.15) is 35.2 Å². The van der Waals surface area contributed by atoms with Crippen molar-refractivity contribution in [1.29, 1.82) is 0 Å². The van der Waals surface area contributed by atoms with Gasteiger partial charge in [0.05, 0.1) is 10.7 Å². The average Bonchev–Trinajstić information content (AvgIpc) is 2.85. The minimum absolute atomic E-state index is 1.05. The monoisotopic (exact) mass is 288 g/mol. The molecule has 2 aromatic rings. The van der Waals surface area contributed by atoms with Crippen LogP contribution >= 0.6 is 11.3 Å². The fourth-order valence-corrected chi connectivity index (χ4v) is 3.03. The van der Waals surface area contributed by atoms with Crippen LogP contribution in [0.5, 0.6) is 0 Å². The summed E-state index contributed by atoms with van der Waals surface area (Å²) in [6, 6.07) is 8.68. The van der Waals surface area contributed by atoms with Crippen molar-refractivity contribution < 1.29 is 0 Å². The topological polar surface area (TPSA) is 16.1 Å². The van der Waals surface area contributed by atoms with E-state index < -0.39 is 0 Å². The number of rotatable bonds is 7. The summed E-state index contributed by atoms with van der Waals surface area (Å²) in [4.78, 5) is 7.05. The maximum atomic E-state index is 4.53. The van der Waals surface area contributed by atoms with E-state index >= 15 is 0 Å². The van der Waals surface area contributed by atoms with Gasteiger partial charge in [-0.25, -0.2) is 4.98 Å². The van der Waals surface area contributed by atoms with E-state index in [1.165, 1.54) is 28.2 Å². The molecule has 0 aliphatic heterocycles. The Morgan fingerprint density at radius 2 is 2.00 bits per heavy atom. The highest BCUT2D eigenvalue weighted by Gasteiger charge is 2.06. The quantitative estimate of drug-likeness (QED) is 0.758. The smallest absolute Gasteiger partial charge is 0.0897 e. The molecule has 0 radical (unpaired) electrons. The summed E-state index contributed by atoms with van der Waals surface area (Å²) in [5.74, 6) is 0. The third-order valence-electron chi connectivity index (χ3n) is 3.68. The molecule has 0 unspecified atom stereocenters. The first kappa shape index (κ1) is 15.2. The lowest BCUT2D eigenvalue weighted by Gasteiger charge is -2.21. The van der Waals surface area contributed by atoms with Crippen LogP contribution in [-0.2, 0) is 13.0 Å². The molecule has 0 aliphatic rings. The molecule has 108 valence electrons. The first-order valence-corrected chi connectivity index (χ1v) is 8.25. The minimum atomic E-state index is 1.05. The van der Waals surface area contributed by atoms with Gasteiger partial charge in [0.2, 0.25) is 0 Å². The predicted octanol–water partition coefficient (Wildman–Crippen LogP) is 4.21. The first-order valence-electron chi connectivity index (χ1n) is 7.37. The van der Waals surface area contributed by atoms with Gasteiger partial charge in [0, 0.05) is 11.9 Å². The number of hydrogen-bond acceptors (Lipinski definition) is 3. The lowest BCUT2D eigenvalue weighted by molar-refractivity contribution is 0.275. The van der Waals surface area contributed by atoms with Gasteiger partial charge in [-0.2, -0.15) is 0 Å². The van der Waals surface area contributed by atoms with Gasteiger partial charge >= 0.3 is 0 Å². The van der Waals surface area contributed by atoms with Crippen molar-refractivity contribution in [3.05, 3.63) is 51.5 Å². The van der Waals surface area contributed by atoms with Crippen molar-refractivity contribution >= 4 is 11.3 Å². The Morgan fingerprint density at radius 3 is 2.65 bits per heavy atom. The number of aromatic nitrogens is 1. The SMILES string of the molecule is CCN(CCCc1csc(C)n1)Cc1ccccc1C. The molecule has 1 aromatic carbocycles. The molecule has 2 rings (SSSR count). The molecular weight excluding hydrogens is 264 g/mol. The average molecular weight is 288 g/mol. The van der Waals surface area contributed by atoms with Crippen molar-refractivity contribution in [2.75, 3.05) is 13.1 Å². The third-order valence-corrected chi connectivity index (χ3v) is 4.50. The molecule has 0 bridgehead atoms. The fraction of sp³-hybridized carbons (Fsp3) is 0.471. The zero-order valence-electron chi connectivity index (χ0n) is 12.7. The van der Waals surface area contributed by atoms with Gasteiger partial charge in [-0.3, -0.25) is 4.90 Å². The Hall–Kier alpha value is -1.19. The van der Waals surface area contributed by atoms with E-state index in [1.54, 1.807) is 11.3 Å². The first-order chi connectivity index (χ1) is 9.69. The van der Waals surface area contributed by atoms with Crippen LogP contribution < -0.4 is 0 Å². The molecular formula is C17H24N2S. The van der Waals surface area contributed by atoms with Crippen LogP contribution in [0.2, 0.25) is 0 Å². The highest BCUT2D eigenvalue weighted by molar-refractivity contribution is 7.09. The summed E-state index contributed by atoms with van der Waals surface area (Å²) in [6.45, 7) is 9.81. The third kappa shape index (κ3) is 4.43. The van der Waals surface area contributed by atoms with Crippen LogP contribution in [0.15, 0.2) is 29.6 Å². The van der Waals surface area contributed by atoms with Crippen LogP contribution in [0.3, 0.4) is 0 Å². The second-order valence-electron chi connectivity index (χ2n) is 5.26. The highest BCUT2D eigenvalue weighted by Crippen LogP contribution is 2.13. The number of thiazole rings is 1. The Balaban J connectivity index is 1.82. The molecule has 0 spiro atoms. The van der Waals surface area contributed by atoms with Crippen molar-refractivity contribution in [2.24, 2.45) is 0 Å². The minimum Gasteiger partial charge on any atom is -0.299 e. The standard InChI is InChI=1S/C17H24N2S/c1-4-19(12-16-9-6-5-8-14(16)2)11-7-10-17-13-20-15(3)18-17/h5-6,8-9,13H,4,7,10-12H2,1-3H3. The van der Waals surface area contributed by atoms with Crippen molar-refractivity contribution in [3.63, 3.8) is 0 Å². The van der Waals surface area contributed by atoms with Crippen molar-refractivity contribution in [1.82, 2.24) is 9.88 Å². The number of hydrogen-bond donors (Lipinski definition) is 0. The van der Waals surface area contributed by atoms with Crippen LogP contribution in [0, 0.1) is 13.8 Å². The Bertz CT molecular complexity index is 533. The van der Waals surface area contributed by atoms with E-state index in [0.29, 0.717) is 0 Å². The van der Waals surface area contributed by atoms with Gasteiger partial charge in [-0.1, -0.05) is 31.2 Å². The molecule has 3 heteroatoms. The summed E-state index contributed by atoms with van der Waals surface area (Å²) in [5, 5.41) is 3.36. The molecule has 0 aliphatic carbocycles. The fourth-order valence-electron chi connectivity index (χ4n) is 2.38. The van der Waals surface area contributed by atoms with Gasteiger partial charge in [0.15, 0.2) is 0 Å². The lowest BCUT2D eigenvalue weighted by Crippen LogP contribution is -2.24. The molecule has 20 heavy (non-hydrogen) atoms. The second kappa shape index (κ2) is 7.55. The number of aryl methyl sites for hydroxylation is 3. The van der Waals surface area contributed by atoms with E-state index in [1.807, 2.05) is 0 Å². The summed E-state index contributed by atoms with van der Waals surface area (Å²) >= 11 is 1.75. The molecule has 1 aromatic heterocycles. The van der Waals surface area contributed by atoms with E-state index in [4.69, 9.17) is 0 Å². The Kier molecular flexibility index (Phi) is 5.74. The number of benzene rings is 1. The zero-order valence-corrected chi connectivity index (χ0v) is 13.5. The van der Waals surface area contributed by atoms with E-state index in [9.17, 15) is 0 Å². The maximum absolute atomic E-state index is 4.53. The molecule has 0 saturated carbocycles. The van der Waals surface area contributed by atoms with Crippen LogP contribution in [0.25, 0.3) is 0 Å². The Labute approximate surface area is 126 Å². The van der Waals surface area contributed by atoms with Crippen LogP contribution in [0.4, 0.5) is 0 Å². The molecule has 0 N–H and O–H groups in total. The summed E-state index contributed by atoms with van der Waals surface area (Å²) < 4.78 is 0. The number of nitrogens with zero attached hydrogens (tertiary/aromatic N) is 2. The summed E-state index contributed by atoms with van der Waals surface area (Å²) in [5.41, 5.74) is 4.08. The molecule has 1 heterocycles. The molecule has 0 saturated heterocycles. The Morgan fingerprint density at radius 1 is 1.20 bits per heavy atom. The normalized spacial score (nSPS) is 11.2. The highest BCUT2D eigenvalue weighted by atomic mass is 32.1. The second-order valence-corrected chi connectivity index (χ2v) is 6.32. The van der Waals surface area contributed by atoms with Gasteiger partial charge in [0.25, 0.3) is 0 Å². The van der Waals surface area contributed by atoms with Gasteiger partial charge in [-0.15, -0.1) is 11.3 Å². The lowest BCUT2D eigenvalue weighted by atomic mass is 10.1. The van der Waals surface area contributed by atoms with E-state index in [0.717, 1.165) is 26.1 Å². The van der Waals surface area contributed by atoms with Crippen LogP contribution in [-0.4, -0.2) is 23.0 Å². The maximum Gasteiger partial charge on any atom is 0.0897 e. The molecule has 0 fully saturated rings. The van der Waals surface area contributed by atoms with Gasteiger partial charge in [0.1, 0.15) is 0 Å². The van der Waals surface area contributed by atoms with Crippen molar-refractivity contribution in [2.45, 2.75) is 40.2 Å². The van der Waals surface area contributed by atoms with Crippen molar-refractivity contribution in [3.8, 4) is 0 Å². The molecule has 0 amide bonds. The van der Waals surface area contributed by atoms with Gasteiger partial charge < -0.3 is 0 Å². The molecule has 2 nitrogen and oxygen atoms in total. The van der Waals surface area contributed by atoms with E-state index in [-0.39, 0.29) is 0 Å². The van der Waals surface area contributed by atoms with Gasteiger partial charge in [-0.05, 0) is 50.9 Å².